The molecule has 0 saturated carbocycles. The minimum absolute atomic E-state index is 0.0963. The molecule has 0 aromatic heterocycles. The van der Waals surface area contributed by atoms with Crippen LogP contribution in [0.2, 0.25) is 0 Å². The van der Waals surface area contributed by atoms with E-state index in [-0.39, 0.29) is 24.8 Å². The Morgan fingerprint density at radius 3 is 2.38 bits per heavy atom. The average Bonchev–Trinajstić information content (AvgIpc) is 2.79. The summed E-state index contributed by atoms with van der Waals surface area (Å²) in [7, 11) is 1.31. The molecule has 1 aliphatic heterocycles. The van der Waals surface area contributed by atoms with E-state index in [0.29, 0.717) is 6.61 Å². The first-order valence-electron chi connectivity index (χ1n) is 5.67. The molecule has 92 valence electrons. The zero-order valence-corrected chi connectivity index (χ0v) is 9.74. The molecular formula is C11H19NO4. The second-order valence-corrected chi connectivity index (χ2v) is 3.85. The molecule has 1 rings (SSSR count). The summed E-state index contributed by atoms with van der Waals surface area (Å²) in [6, 6.07) is 0. The van der Waals surface area contributed by atoms with Crippen LogP contribution in [0.3, 0.4) is 0 Å². The summed E-state index contributed by atoms with van der Waals surface area (Å²) < 4.78 is 9.44. The zero-order chi connectivity index (χ0) is 11.8. The van der Waals surface area contributed by atoms with Gasteiger partial charge in [-0.2, -0.15) is 0 Å². The van der Waals surface area contributed by atoms with Crippen molar-refractivity contribution in [2.75, 3.05) is 33.4 Å². The topological polar surface area (TPSA) is 55.8 Å². The van der Waals surface area contributed by atoms with Gasteiger partial charge in [0.05, 0.1) is 20.0 Å². The minimum Gasteiger partial charge on any atom is -0.469 e. The van der Waals surface area contributed by atoms with Gasteiger partial charge in [0, 0.05) is 6.54 Å². The summed E-state index contributed by atoms with van der Waals surface area (Å²) in [6.07, 6.45) is 2.66. The molecule has 5 nitrogen and oxygen atoms in total. The van der Waals surface area contributed by atoms with Crippen molar-refractivity contribution in [3.05, 3.63) is 0 Å². The smallest absolute Gasteiger partial charge is 0.306 e. The van der Waals surface area contributed by atoms with Crippen molar-refractivity contribution in [3.8, 4) is 0 Å². The van der Waals surface area contributed by atoms with Crippen LogP contribution in [0, 0.1) is 0 Å². The molecule has 0 bridgehead atoms. The first-order valence-corrected chi connectivity index (χ1v) is 5.67. The summed E-state index contributed by atoms with van der Waals surface area (Å²) in [5.41, 5.74) is 0. The van der Waals surface area contributed by atoms with E-state index in [1.54, 1.807) is 0 Å². The minimum atomic E-state index is -0.378. The summed E-state index contributed by atoms with van der Waals surface area (Å²) in [4.78, 5) is 24.2. The number of carbonyl (C=O) groups excluding carboxylic acids is 2. The van der Waals surface area contributed by atoms with Gasteiger partial charge in [-0.25, -0.2) is 0 Å². The van der Waals surface area contributed by atoms with Crippen molar-refractivity contribution in [1.82, 2.24) is 4.90 Å². The van der Waals surface area contributed by atoms with E-state index in [2.05, 4.69) is 9.64 Å². The predicted octanol–water partition coefficient (Wildman–Crippen LogP) is 0.579. The Morgan fingerprint density at radius 2 is 1.75 bits per heavy atom. The van der Waals surface area contributed by atoms with Gasteiger partial charge in [-0.15, -0.1) is 0 Å². The second-order valence-electron chi connectivity index (χ2n) is 3.85. The van der Waals surface area contributed by atoms with Crippen molar-refractivity contribution < 1.29 is 19.1 Å². The van der Waals surface area contributed by atoms with Crippen LogP contribution in [0.1, 0.15) is 25.7 Å². The highest BCUT2D eigenvalue weighted by molar-refractivity contribution is 5.77. The SMILES string of the molecule is COC(=O)CCC(=O)OCCN1CCCC1. The van der Waals surface area contributed by atoms with E-state index in [1.807, 2.05) is 0 Å². The third kappa shape index (κ3) is 5.11. The lowest BCUT2D eigenvalue weighted by Crippen LogP contribution is -2.25. The highest BCUT2D eigenvalue weighted by Crippen LogP contribution is 2.06. The number of hydrogen-bond acceptors (Lipinski definition) is 5. The van der Waals surface area contributed by atoms with Crippen molar-refractivity contribution in [1.29, 1.82) is 0 Å². The molecule has 0 aromatic carbocycles. The highest BCUT2D eigenvalue weighted by atomic mass is 16.5. The third-order valence-electron chi connectivity index (χ3n) is 2.63. The summed E-state index contributed by atoms with van der Waals surface area (Å²) in [5.74, 6) is -0.707. The first kappa shape index (κ1) is 13.0. The number of nitrogens with zero attached hydrogens (tertiary/aromatic N) is 1. The summed E-state index contributed by atoms with van der Waals surface area (Å²) >= 11 is 0. The standard InChI is InChI=1S/C11H19NO4/c1-15-10(13)4-5-11(14)16-9-8-12-6-2-3-7-12/h2-9H2,1H3. The number of likely N-dealkylation sites (tertiary alicyclic amines) is 1. The molecule has 0 aromatic rings. The Kier molecular flexibility index (Phi) is 5.85. The van der Waals surface area contributed by atoms with E-state index < -0.39 is 0 Å². The van der Waals surface area contributed by atoms with Gasteiger partial charge in [-0.3, -0.25) is 14.5 Å². The van der Waals surface area contributed by atoms with Crippen LogP contribution in [0.15, 0.2) is 0 Å². The molecule has 0 spiro atoms. The lowest BCUT2D eigenvalue weighted by Gasteiger charge is -2.13. The monoisotopic (exact) mass is 229 g/mol. The summed E-state index contributed by atoms with van der Waals surface area (Å²) in [6.45, 7) is 3.41. The van der Waals surface area contributed by atoms with Gasteiger partial charge in [0.2, 0.25) is 0 Å². The maximum Gasteiger partial charge on any atom is 0.306 e. The quantitative estimate of drug-likeness (QED) is 0.623. The number of ether oxygens (including phenoxy) is 2. The number of esters is 2. The Labute approximate surface area is 95.7 Å². The maximum absolute atomic E-state index is 11.2. The van der Waals surface area contributed by atoms with Crippen molar-refractivity contribution in [2.24, 2.45) is 0 Å². The predicted molar refractivity (Wildman–Crippen MR) is 57.9 cm³/mol. The molecule has 0 radical (unpaired) electrons. The zero-order valence-electron chi connectivity index (χ0n) is 9.74. The number of methoxy groups -OCH3 is 1. The molecule has 0 atom stereocenters. The Bertz CT molecular complexity index is 236. The van der Waals surface area contributed by atoms with E-state index in [0.717, 1.165) is 19.6 Å². The molecule has 16 heavy (non-hydrogen) atoms. The van der Waals surface area contributed by atoms with Gasteiger partial charge in [0.15, 0.2) is 0 Å². The fraction of sp³-hybridized carbons (Fsp3) is 0.818. The molecule has 1 saturated heterocycles. The van der Waals surface area contributed by atoms with Gasteiger partial charge in [0.25, 0.3) is 0 Å². The van der Waals surface area contributed by atoms with Crippen LogP contribution < -0.4 is 0 Å². The highest BCUT2D eigenvalue weighted by Gasteiger charge is 2.12. The molecule has 0 aliphatic carbocycles. The van der Waals surface area contributed by atoms with Crippen molar-refractivity contribution >= 4 is 11.9 Å². The Balaban J connectivity index is 1.99. The average molecular weight is 229 g/mol. The molecule has 5 heteroatoms. The third-order valence-corrected chi connectivity index (χ3v) is 2.63. The molecule has 1 fully saturated rings. The van der Waals surface area contributed by atoms with Gasteiger partial charge in [-0.05, 0) is 25.9 Å². The Morgan fingerprint density at radius 1 is 1.12 bits per heavy atom. The van der Waals surface area contributed by atoms with E-state index in [1.165, 1.54) is 20.0 Å². The van der Waals surface area contributed by atoms with Crippen LogP contribution in [-0.4, -0.2) is 50.2 Å². The maximum atomic E-state index is 11.2. The fourth-order valence-electron chi connectivity index (χ4n) is 1.67. The van der Waals surface area contributed by atoms with Crippen molar-refractivity contribution in [2.45, 2.75) is 25.7 Å². The van der Waals surface area contributed by atoms with Crippen LogP contribution in [0.4, 0.5) is 0 Å². The fourth-order valence-corrected chi connectivity index (χ4v) is 1.67. The number of hydrogen-bond donors (Lipinski definition) is 0. The first-order chi connectivity index (χ1) is 7.72. The van der Waals surface area contributed by atoms with Crippen LogP contribution in [-0.2, 0) is 19.1 Å². The molecule has 0 N–H and O–H groups in total. The van der Waals surface area contributed by atoms with Gasteiger partial charge in [0.1, 0.15) is 6.61 Å². The van der Waals surface area contributed by atoms with E-state index in [4.69, 9.17) is 4.74 Å². The summed E-state index contributed by atoms with van der Waals surface area (Å²) in [5, 5.41) is 0. The molecule has 1 heterocycles. The van der Waals surface area contributed by atoms with E-state index in [9.17, 15) is 9.59 Å². The normalized spacial score (nSPS) is 16.1. The van der Waals surface area contributed by atoms with Gasteiger partial charge < -0.3 is 9.47 Å². The van der Waals surface area contributed by atoms with Crippen LogP contribution >= 0.6 is 0 Å². The van der Waals surface area contributed by atoms with Crippen molar-refractivity contribution in [3.63, 3.8) is 0 Å². The molecule has 1 aliphatic rings. The number of rotatable bonds is 6. The van der Waals surface area contributed by atoms with Crippen LogP contribution in [0.5, 0.6) is 0 Å². The van der Waals surface area contributed by atoms with Crippen LogP contribution in [0.25, 0.3) is 0 Å². The second kappa shape index (κ2) is 7.22. The largest absolute Gasteiger partial charge is 0.469 e. The lowest BCUT2D eigenvalue weighted by atomic mass is 10.3. The Hall–Kier alpha value is -1.10. The molecule has 0 amide bonds. The lowest BCUT2D eigenvalue weighted by molar-refractivity contribution is -0.149. The number of carbonyl (C=O) groups is 2. The molecule has 0 unspecified atom stereocenters. The van der Waals surface area contributed by atoms with E-state index >= 15 is 0 Å². The van der Waals surface area contributed by atoms with Gasteiger partial charge >= 0.3 is 11.9 Å². The molecular weight excluding hydrogens is 210 g/mol. The van der Waals surface area contributed by atoms with Gasteiger partial charge in [-0.1, -0.05) is 0 Å².